The number of hydrogen-bond acceptors (Lipinski definition) is 9. The highest BCUT2D eigenvalue weighted by atomic mass is 79.9. The normalized spacial score (nSPS) is 14.0. The lowest BCUT2D eigenvalue weighted by Gasteiger charge is -2.18. The molecule has 12 nitrogen and oxygen atoms in total. The Bertz CT molecular complexity index is 1340. The van der Waals surface area contributed by atoms with Crippen molar-refractivity contribution in [3.63, 3.8) is 0 Å². The number of carbonyl (C=O) groups excluding carboxylic acids is 1. The van der Waals surface area contributed by atoms with E-state index in [0.717, 1.165) is 18.2 Å². The van der Waals surface area contributed by atoms with Gasteiger partial charge in [-0.3, -0.25) is 25.0 Å². The van der Waals surface area contributed by atoms with Gasteiger partial charge in [-0.2, -0.15) is 26.3 Å². The van der Waals surface area contributed by atoms with Crippen molar-refractivity contribution in [3.8, 4) is 0 Å². The number of aliphatic carboxylic acids is 1. The van der Waals surface area contributed by atoms with Crippen LogP contribution in [-0.4, -0.2) is 58.8 Å². The summed E-state index contributed by atoms with van der Waals surface area (Å²) in [6.07, 6.45) is -10.1. The molecule has 0 bridgehead atoms. The Morgan fingerprint density at radius 1 is 0.814 bits per heavy atom. The van der Waals surface area contributed by atoms with Crippen molar-refractivity contribution in [1.29, 1.82) is 0 Å². The fourth-order valence-electron chi connectivity index (χ4n) is 2.53. The number of nitrogens with two attached hydrogens (primary N) is 1. The van der Waals surface area contributed by atoms with E-state index in [4.69, 9.17) is 15.9 Å². The number of rotatable bonds is 8. The van der Waals surface area contributed by atoms with Crippen LogP contribution in [0.4, 0.5) is 43.4 Å². The Labute approximate surface area is 255 Å². The molecule has 240 valence electrons. The Morgan fingerprint density at radius 2 is 1.21 bits per heavy atom. The number of hydrogen-bond donors (Lipinski definition) is 4. The maximum absolute atomic E-state index is 12.8. The molecule has 0 amide bonds. The van der Waals surface area contributed by atoms with Crippen LogP contribution in [0.25, 0.3) is 0 Å². The van der Waals surface area contributed by atoms with Crippen LogP contribution in [-0.2, 0) is 28.4 Å². The number of nitro groups is 2. The molecule has 5 N–H and O–H groups in total. The zero-order valence-electron chi connectivity index (χ0n) is 21.9. The number of carboxylic acid groups (broad SMARTS) is 1. The molecular formula is C23H23Br2F6N3O9. The van der Waals surface area contributed by atoms with Crippen molar-refractivity contribution in [3.05, 3.63) is 73.3 Å². The highest BCUT2D eigenvalue weighted by molar-refractivity contribution is 9.09. The minimum atomic E-state index is -4.90. The SMILES string of the molecule is C[C@](O)(CBr)C(=O)Cc1ccc([N+](=O)[O-])c(C(F)(F)F)c1.C[C@](O)(CBr)C(=O)O.Nc1ccc([N+](=O)[O-])c(C(F)(F)F)c1. The largest absolute Gasteiger partial charge is 0.479 e. The standard InChI is InChI=1S/C12H11BrF3NO4.C7H5F3N2O2.C4H7BrO3/c1-11(19,6-13)10(18)5-7-2-3-9(17(20)21)8(4-7)12(14,15)16;8-7(9,10)5-3-4(11)1-2-6(5)12(13)14;1-4(8,2-5)3(6)7/h2-4,19H,5-6H2,1H3;1-3H,11H2;8H,2H2,1H3,(H,6,7)/t11-;;4-/m0.0/s1. The van der Waals surface area contributed by atoms with Gasteiger partial charge in [0.25, 0.3) is 11.4 Å². The third kappa shape index (κ3) is 12.4. The van der Waals surface area contributed by atoms with Gasteiger partial charge in [-0.25, -0.2) is 4.79 Å². The van der Waals surface area contributed by atoms with Crippen molar-refractivity contribution in [2.45, 2.75) is 43.8 Å². The van der Waals surface area contributed by atoms with Crippen molar-refractivity contribution in [1.82, 2.24) is 0 Å². The number of nitrogen functional groups attached to an aromatic ring is 1. The number of anilines is 1. The first kappa shape index (κ1) is 39.6. The molecule has 20 heteroatoms. The van der Waals surface area contributed by atoms with Crippen molar-refractivity contribution < 1.29 is 61.1 Å². The fourth-order valence-corrected chi connectivity index (χ4v) is 3.08. The van der Waals surface area contributed by atoms with Gasteiger partial charge in [0.05, 0.1) is 9.85 Å². The van der Waals surface area contributed by atoms with Crippen LogP contribution >= 0.6 is 31.9 Å². The summed E-state index contributed by atoms with van der Waals surface area (Å²) in [6, 6.07) is 4.65. The van der Waals surface area contributed by atoms with Gasteiger partial charge in [0, 0.05) is 34.9 Å². The molecule has 0 aromatic heterocycles. The number of nitro benzene ring substituents is 2. The zero-order valence-corrected chi connectivity index (χ0v) is 25.0. The lowest BCUT2D eigenvalue weighted by molar-refractivity contribution is -0.388. The predicted octanol–water partition coefficient (Wildman–Crippen LogP) is 5.28. The molecule has 2 rings (SSSR count). The van der Waals surface area contributed by atoms with E-state index in [2.05, 4.69) is 31.9 Å². The van der Waals surface area contributed by atoms with Gasteiger partial charge in [0.1, 0.15) is 16.7 Å². The summed E-state index contributed by atoms with van der Waals surface area (Å²) in [4.78, 5) is 40.3. The molecule has 2 atom stereocenters. The van der Waals surface area contributed by atoms with Crippen LogP contribution in [0.1, 0.15) is 30.5 Å². The number of Topliss-reactive ketones (excluding diaryl/α,β-unsaturated/α-hetero) is 1. The quantitative estimate of drug-likeness (QED) is 0.0900. The van der Waals surface area contributed by atoms with E-state index in [0.29, 0.717) is 18.2 Å². The first-order valence-corrected chi connectivity index (χ1v) is 13.3. The molecule has 0 aliphatic carbocycles. The molecule has 0 fully saturated rings. The Balaban J connectivity index is 0.000000688. The van der Waals surface area contributed by atoms with Crippen molar-refractivity contribution in [2.24, 2.45) is 0 Å². The summed E-state index contributed by atoms with van der Waals surface area (Å²) in [5, 5.41) is 47.4. The number of ketones is 1. The lowest BCUT2D eigenvalue weighted by Crippen LogP contribution is -2.38. The van der Waals surface area contributed by atoms with Crippen molar-refractivity contribution in [2.75, 3.05) is 16.4 Å². The van der Waals surface area contributed by atoms with Gasteiger partial charge < -0.3 is 21.1 Å². The first-order valence-electron chi connectivity index (χ1n) is 11.1. The molecule has 0 aliphatic rings. The fraction of sp³-hybridized carbons (Fsp3) is 0.391. The number of nitrogens with zero attached hydrogens (tertiary/aromatic N) is 2. The number of carboxylic acids is 1. The summed E-state index contributed by atoms with van der Waals surface area (Å²) >= 11 is 5.76. The Kier molecular flexibility index (Phi) is 14.2. The van der Waals surface area contributed by atoms with Gasteiger partial charge >= 0.3 is 18.3 Å². The molecule has 0 radical (unpaired) electrons. The predicted molar refractivity (Wildman–Crippen MR) is 146 cm³/mol. The number of halogens is 8. The topological polar surface area (TPSA) is 207 Å². The average Bonchev–Trinajstić information content (AvgIpc) is 2.87. The second kappa shape index (κ2) is 15.4. The monoisotopic (exact) mass is 757 g/mol. The number of carbonyl (C=O) groups is 2. The van der Waals surface area contributed by atoms with Gasteiger partial charge in [0.2, 0.25) is 0 Å². The second-order valence-electron chi connectivity index (χ2n) is 8.86. The van der Waals surface area contributed by atoms with Gasteiger partial charge in [-0.1, -0.05) is 37.9 Å². The molecule has 0 heterocycles. The highest BCUT2D eigenvalue weighted by Gasteiger charge is 2.39. The van der Waals surface area contributed by atoms with Crippen LogP contribution in [0.3, 0.4) is 0 Å². The third-order valence-corrected chi connectivity index (χ3v) is 7.22. The van der Waals surface area contributed by atoms with E-state index in [1.54, 1.807) is 0 Å². The molecule has 0 saturated heterocycles. The first-order chi connectivity index (χ1) is 19.3. The van der Waals surface area contributed by atoms with E-state index in [1.165, 1.54) is 13.8 Å². The number of benzene rings is 2. The molecular weight excluding hydrogens is 736 g/mol. The number of alkyl halides is 8. The van der Waals surface area contributed by atoms with Gasteiger partial charge in [0.15, 0.2) is 11.4 Å². The van der Waals surface area contributed by atoms with Crippen LogP contribution < -0.4 is 5.73 Å². The molecule has 0 spiro atoms. The molecule has 0 saturated carbocycles. The van der Waals surface area contributed by atoms with Gasteiger partial charge in [-0.05, 0) is 37.6 Å². The third-order valence-electron chi connectivity index (χ3n) is 5.03. The Morgan fingerprint density at radius 3 is 1.53 bits per heavy atom. The van der Waals surface area contributed by atoms with Crippen LogP contribution in [0, 0.1) is 20.2 Å². The minimum Gasteiger partial charge on any atom is -0.479 e. The molecule has 0 unspecified atom stereocenters. The average molecular weight is 759 g/mol. The second-order valence-corrected chi connectivity index (χ2v) is 9.98. The van der Waals surface area contributed by atoms with E-state index in [-0.39, 0.29) is 21.9 Å². The highest BCUT2D eigenvalue weighted by Crippen LogP contribution is 2.38. The van der Waals surface area contributed by atoms with E-state index < -0.39 is 74.1 Å². The molecule has 0 aliphatic heterocycles. The van der Waals surface area contributed by atoms with Crippen LogP contribution in [0.15, 0.2) is 36.4 Å². The van der Waals surface area contributed by atoms with E-state index in [1.807, 2.05) is 0 Å². The molecule has 2 aromatic carbocycles. The van der Waals surface area contributed by atoms with E-state index >= 15 is 0 Å². The maximum Gasteiger partial charge on any atom is 0.423 e. The van der Waals surface area contributed by atoms with Crippen LogP contribution in [0.2, 0.25) is 0 Å². The van der Waals surface area contributed by atoms with Crippen molar-refractivity contribution >= 4 is 60.7 Å². The maximum atomic E-state index is 12.8. The summed E-state index contributed by atoms with van der Waals surface area (Å²) in [6.45, 7) is 2.45. The summed E-state index contributed by atoms with van der Waals surface area (Å²) in [7, 11) is 0. The smallest absolute Gasteiger partial charge is 0.423 e. The molecule has 2 aromatic rings. The molecule has 43 heavy (non-hydrogen) atoms. The number of aliphatic hydroxyl groups is 2. The summed E-state index contributed by atoms with van der Waals surface area (Å²) in [5.74, 6) is -1.91. The van der Waals surface area contributed by atoms with E-state index in [9.17, 15) is 61.3 Å². The summed E-state index contributed by atoms with van der Waals surface area (Å²) in [5.41, 5.74) is -3.29. The Hall–Kier alpha value is -3.36. The van der Waals surface area contributed by atoms with Gasteiger partial charge in [-0.15, -0.1) is 0 Å². The lowest BCUT2D eigenvalue weighted by atomic mass is 9.96. The minimum absolute atomic E-state index is 0.0509. The zero-order chi connectivity index (χ0) is 34.1. The van der Waals surface area contributed by atoms with Crippen LogP contribution in [0.5, 0.6) is 0 Å². The summed E-state index contributed by atoms with van der Waals surface area (Å²) < 4.78 is 75.0.